The number of carbonyl (C=O) groups excluding carboxylic acids is 1. The normalized spacial score (nSPS) is 14.9. The molecule has 0 spiro atoms. The van der Waals surface area contributed by atoms with E-state index in [1.807, 2.05) is 18.2 Å². The van der Waals surface area contributed by atoms with Crippen LogP contribution in [0.15, 0.2) is 47.4 Å². The van der Waals surface area contributed by atoms with Crippen molar-refractivity contribution in [3.05, 3.63) is 48.0 Å². The lowest BCUT2D eigenvalue weighted by atomic mass is 10.2. The summed E-state index contributed by atoms with van der Waals surface area (Å²) in [7, 11) is -2.01. The number of anilines is 1. The number of methoxy groups -OCH3 is 1. The van der Waals surface area contributed by atoms with Crippen LogP contribution in [0.1, 0.15) is 24.2 Å². The molecule has 4 rings (SSSR count). The molecule has 9 nitrogen and oxygen atoms in total. The van der Waals surface area contributed by atoms with E-state index in [1.165, 1.54) is 27.8 Å². The third kappa shape index (κ3) is 5.70. The van der Waals surface area contributed by atoms with E-state index in [0.717, 1.165) is 29.1 Å². The van der Waals surface area contributed by atoms with Crippen molar-refractivity contribution >= 4 is 42.6 Å². The first-order chi connectivity index (χ1) is 17.4. The highest BCUT2D eigenvalue weighted by molar-refractivity contribution is 7.89. The Labute approximate surface area is 216 Å². The fourth-order valence-corrected chi connectivity index (χ4v) is 6.49. The fraction of sp³-hybridized carbons (Fsp3) is 0.440. The summed E-state index contributed by atoms with van der Waals surface area (Å²) in [6.07, 6.45) is 0. The van der Waals surface area contributed by atoms with Crippen LogP contribution in [-0.4, -0.2) is 88.1 Å². The Kier molecular flexibility index (Phi) is 8.58. The highest BCUT2D eigenvalue weighted by Crippen LogP contribution is 2.32. The van der Waals surface area contributed by atoms with Gasteiger partial charge in [-0.15, -0.1) is 0 Å². The SMILES string of the molecule is CCN(CC)CCN(C(=O)c1ccc(S(=O)(=O)N2CCOCC2)cc1)c1nc2ccc(OC)cc2s1. The second kappa shape index (κ2) is 11.7. The van der Waals surface area contributed by atoms with E-state index < -0.39 is 10.0 Å². The lowest BCUT2D eigenvalue weighted by Gasteiger charge is -2.26. The fourth-order valence-electron chi connectivity index (χ4n) is 4.06. The zero-order valence-electron chi connectivity index (χ0n) is 20.8. The number of thiazole rings is 1. The van der Waals surface area contributed by atoms with Gasteiger partial charge in [0.25, 0.3) is 5.91 Å². The number of benzene rings is 2. The molecule has 2 heterocycles. The van der Waals surface area contributed by atoms with Gasteiger partial charge in [0, 0.05) is 31.7 Å². The van der Waals surface area contributed by atoms with Crippen LogP contribution in [0.2, 0.25) is 0 Å². The Morgan fingerprint density at radius 2 is 1.78 bits per heavy atom. The zero-order chi connectivity index (χ0) is 25.7. The molecule has 36 heavy (non-hydrogen) atoms. The van der Waals surface area contributed by atoms with Gasteiger partial charge in [0.15, 0.2) is 5.13 Å². The molecule has 1 saturated heterocycles. The molecule has 0 saturated carbocycles. The number of amides is 1. The molecule has 1 fully saturated rings. The zero-order valence-corrected chi connectivity index (χ0v) is 22.5. The van der Waals surface area contributed by atoms with Crippen LogP contribution in [0.5, 0.6) is 5.75 Å². The first-order valence-corrected chi connectivity index (χ1v) is 14.3. The molecule has 0 unspecified atom stereocenters. The van der Waals surface area contributed by atoms with Gasteiger partial charge in [-0.1, -0.05) is 25.2 Å². The third-order valence-corrected chi connectivity index (χ3v) is 9.26. The van der Waals surface area contributed by atoms with E-state index in [1.54, 1.807) is 24.1 Å². The van der Waals surface area contributed by atoms with Crippen molar-refractivity contribution in [1.82, 2.24) is 14.2 Å². The van der Waals surface area contributed by atoms with Crippen LogP contribution in [0.4, 0.5) is 5.13 Å². The number of morpholine rings is 1. The smallest absolute Gasteiger partial charge is 0.260 e. The largest absolute Gasteiger partial charge is 0.497 e. The van der Waals surface area contributed by atoms with Gasteiger partial charge in [-0.25, -0.2) is 13.4 Å². The molecule has 194 valence electrons. The van der Waals surface area contributed by atoms with Gasteiger partial charge in [-0.2, -0.15) is 4.31 Å². The lowest BCUT2D eigenvalue weighted by Crippen LogP contribution is -2.40. The highest BCUT2D eigenvalue weighted by Gasteiger charge is 2.27. The molecule has 1 amide bonds. The van der Waals surface area contributed by atoms with E-state index >= 15 is 0 Å². The number of nitrogens with zero attached hydrogens (tertiary/aromatic N) is 4. The van der Waals surface area contributed by atoms with Crippen LogP contribution in [-0.2, 0) is 14.8 Å². The topological polar surface area (TPSA) is 92.3 Å². The molecule has 2 aromatic carbocycles. The minimum atomic E-state index is -3.63. The monoisotopic (exact) mass is 532 g/mol. The van der Waals surface area contributed by atoms with Gasteiger partial charge in [-0.05, 0) is 55.6 Å². The van der Waals surface area contributed by atoms with Crippen LogP contribution in [0.25, 0.3) is 10.2 Å². The predicted molar refractivity (Wildman–Crippen MR) is 142 cm³/mol. The summed E-state index contributed by atoms with van der Waals surface area (Å²) in [6, 6.07) is 11.8. The Balaban J connectivity index is 1.62. The molecule has 0 N–H and O–H groups in total. The van der Waals surface area contributed by atoms with Crippen molar-refractivity contribution in [3.8, 4) is 5.75 Å². The Morgan fingerprint density at radius 1 is 1.08 bits per heavy atom. The Bertz CT molecular complexity index is 1280. The maximum Gasteiger partial charge on any atom is 0.260 e. The summed E-state index contributed by atoms with van der Waals surface area (Å²) in [4.78, 5) is 22.5. The molecule has 1 aliphatic heterocycles. The van der Waals surface area contributed by atoms with Gasteiger partial charge in [0.05, 0.1) is 35.4 Å². The predicted octanol–water partition coefficient (Wildman–Crippen LogP) is 3.31. The molecule has 0 radical (unpaired) electrons. The van der Waals surface area contributed by atoms with Gasteiger partial charge < -0.3 is 14.4 Å². The van der Waals surface area contributed by atoms with E-state index in [9.17, 15) is 13.2 Å². The number of sulfonamides is 1. The summed E-state index contributed by atoms with van der Waals surface area (Å²) in [6.45, 7) is 8.51. The van der Waals surface area contributed by atoms with Crippen molar-refractivity contribution < 1.29 is 22.7 Å². The molecular weight excluding hydrogens is 500 g/mol. The molecule has 0 aliphatic carbocycles. The number of rotatable bonds is 10. The van der Waals surface area contributed by atoms with Crippen molar-refractivity contribution in [2.75, 3.05) is 64.5 Å². The van der Waals surface area contributed by atoms with Gasteiger partial charge >= 0.3 is 0 Å². The standard InChI is InChI=1S/C25H32N4O5S2/c1-4-27(5-2)12-13-29(25-26-22-11-8-20(33-3)18-23(22)35-25)24(30)19-6-9-21(10-7-19)36(31,32)28-14-16-34-17-15-28/h6-11,18H,4-5,12-17H2,1-3H3. The lowest BCUT2D eigenvalue weighted by molar-refractivity contribution is 0.0730. The van der Waals surface area contributed by atoms with Gasteiger partial charge in [0.2, 0.25) is 10.0 Å². The van der Waals surface area contributed by atoms with E-state index in [0.29, 0.717) is 50.1 Å². The second-order valence-electron chi connectivity index (χ2n) is 8.35. The Hall–Kier alpha value is -2.57. The number of hydrogen-bond acceptors (Lipinski definition) is 8. The van der Waals surface area contributed by atoms with Crippen LogP contribution >= 0.6 is 11.3 Å². The summed E-state index contributed by atoms with van der Waals surface area (Å²) >= 11 is 1.43. The molecule has 1 aliphatic rings. The van der Waals surface area contributed by atoms with Crippen molar-refractivity contribution in [1.29, 1.82) is 0 Å². The van der Waals surface area contributed by atoms with E-state index in [2.05, 4.69) is 18.7 Å². The number of carbonyl (C=O) groups is 1. The van der Waals surface area contributed by atoms with Gasteiger partial charge in [0.1, 0.15) is 5.75 Å². The molecule has 1 aromatic heterocycles. The van der Waals surface area contributed by atoms with Crippen LogP contribution in [0, 0.1) is 0 Å². The molecule has 0 atom stereocenters. The number of ether oxygens (including phenoxy) is 2. The number of hydrogen-bond donors (Lipinski definition) is 0. The second-order valence-corrected chi connectivity index (χ2v) is 11.3. The molecule has 0 bridgehead atoms. The average molecular weight is 533 g/mol. The molecule has 3 aromatic rings. The van der Waals surface area contributed by atoms with E-state index in [4.69, 9.17) is 14.5 Å². The minimum Gasteiger partial charge on any atom is -0.497 e. The summed E-state index contributed by atoms with van der Waals surface area (Å²) < 4.78 is 38.9. The number of aromatic nitrogens is 1. The number of likely N-dealkylation sites (N-methyl/N-ethyl adjacent to an activating group) is 1. The maximum absolute atomic E-state index is 13.7. The summed E-state index contributed by atoms with van der Waals surface area (Å²) in [5.74, 6) is 0.513. The quantitative estimate of drug-likeness (QED) is 0.396. The number of fused-ring (bicyclic) bond motifs is 1. The van der Waals surface area contributed by atoms with Gasteiger partial charge in [-0.3, -0.25) is 9.69 Å². The van der Waals surface area contributed by atoms with E-state index in [-0.39, 0.29) is 10.8 Å². The first kappa shape index (κ1) is 26.5. The van der Waals surface area contributed by atoms with Crippen LogP contribution in [0.3, 0.4) is 0 Å². The van der Waals surface area contributed by atoms with Crippen molar-refractivity contribution in [2.45, 2.75) is 18.7 Å². The van der Waals surface area contributed by atoms with Crippen molar-refractivity contribution in [3.63, 3.8) is 0 Å². The average Bonchev–Trinajstić information content (AvgIpc) is 3.34. The molecule has 11 heteroatoms. The van der Waals surface area contributed by atoms with Crippen molar-refractivity contribution in [2.24, 2.45) is 0 Å². The first-order valence-electron chi connectivity index (χ1n) is 12.0. The maximum atomic E-state index is 13.7. The highest BCUT2D eigenvalue weighted by atomic mass is 32.2. The van der Waals surface area contributed by atoms with Crippen LogP contribution < -0.4 is 9.64 Å². The third-order valence-electron chi connectivity index (χ3n) is 6.30. The minimum absolute atomic E-state index is 0.169. The summed E-state index contributed by atoms with van der Waals surface area (Å²) in [5.41, 5.74) is 1.20. The Morgan fingerprint density at radius 3 is 2.42 bits per heavy atom. The summed E-state index contributed by atoms with van der Waals surface area (Å²) in [5, 5.41) is 0.598. The molecular formula is C25H32N4O5S2.